The first kappa shape index (κ1) is 14.1. The molecule has 1 aliphatic carbocycles. The van der Waals surface area contributed by atoms with Crippen molar-refractivity contribution in [3.63, 3.8) is 0 Å². The third-order valence-electron chi connectivity index (χ3n) is 3.62. The molecule has 100 valence electrons. The largest absolute Gasteiger partial charge is 0.383 e. The molecule has 0 amide bonds. The molecule has 18 heavy (non-hydrogen) atoms. The SMILES string of the molecule is Clc1ncc(NCC2CCCCCCC2)cc1Br. The minimum absolute atomic E-state index is 0.520. The zero-order valence-electron chi connectivity index (χ0n) is 10.6. The fourth-order valence-corrected chi connectivity index (χ4v) is 2.98. The number of hydrogen-bond acceptors (Lipinski definition) is 2. The maximum Gasteiger partial charge on any atom is 0.143 e. The predicted octanol–water partition coefficient (Wildman–Crippen LogP) is 5.27. The maximum absolute atomic E-state index is 5.88. The van der Waals surface area contributed by atoms with Crippen molar-refractivity contribution in [2.45, 2.75) is 44.9 Å². The Labute approximate surface area is 123 Å². The van der Waals surface area contributed by atoms with Gasteiger partial charge in [0.05, 0.1) is 16.4 Å². The third-order valence-corrected chi connectivity index (χ3v) is 4.75. The van der Waals surface area contributed by atoms with E-state index in [9.17, 15) is 0 Å². The molecule has 0 aromatic carbocycles. The van der Waals surface area contributed by atoms with Crippen LogP contribution < -0.4 is 5.32 Å². The van der Waals surface area contributed by atoms with Crippen molar-refractivity contribution < 1.29 is 0 Å². The minimum atomic E-state index is 0.520. The standard InChI is InChI=1S/C14H20BrClN2/c15-13-8-12(10-18-14(13)16)17-9-11-6-4-2-1-3-5-7-11/h8,10-11,17H,1-7,9H2. The van der Waals surface area contributed by atoms with E-state index in [1.165, 1.54) is 44.9 Å². The highest BCUT2D eigenvalue weighted by Gasteiger charge is 2.11. The number of nitrogens with zero attached hydrogens (tertiary/aromatic N) is 1. The first-order valence-corrected chi connectivity index (χ1v) is 7.98. The number of aromatic nitrogens is 1. The zero-order valence-corrected chi connectivity index (χ0v) is 12.9. The average molecular weight is 332 g/mol. The van der Waals surface area contributed by atoms with Crippen LogP contribution >= 0.6 is 27.5 Å². The summed E-state index contributed by atoms with van der Waals surface area (Å²) in [7, 11) is 0. The molecule has 4 heteroatoms. The Bertz CT molecular complexity index is 376. The van der Waals surface area contributed by atoms with E-state index < -0.39 is 0 Å². The first-order valence-electron chi connectivity index (χ1n) is 6.80. The van der Waals surface area contributed by atoms with Gasteiger partial charge in [-0.3, -0.25) is 0 Å². The van der Waals surface area contributed by atoms with E-state index in [1.807, 2.05) is 6.07 Å². The monoisotopic (exact) mass is 330 g/mol. The lowest BCUT2D eigenvalue weighted by molar-refractivity contribution is 0.392. The molecule has 0 unspecified atom stereocenters. The second kappa shape index (κ2) is 7.34. The van der Waals surface area contributed by atoms with Gasteiger partial charge in [0.2, 0.25) is 0 Å². The lowest BCUT2D eigenvalue weighted by Crippen LogP contribution is -2.15. The second-order valence-corrected chi connectivity index (χ2v) is 6.30. The van der Waals surface area contributed by atoms with E-state index in [-0.39, 0.29) is 0 Å². The Morgan fingerprint density at radius 3 is 2.56 bits per heavy atom. The highest BCUT2D eigenvalue weighted by molar-refractivity contribution is 9.10. The van der Waals surface area contributed by atoms with Gasteiger partial charge >= 0.3 is 0 Å². The molecule has 0 bridgehead atoms. The van der Waals surface area contributed by atoms with Crippen molar-refractivity contribution in [3.8, 4) is 0 Å². The van der Waals surface area contributed by atoms with Crippen LogP contribution in [0.4, 0.5) is 5.69 Å². The Kier molecular flexibility index (Phi) is 5.77. The van der Waals surface area contributed by atoms with Gasteiger partial charge in [-0.05, 0) is 40.8 Å². The highest BCUT2D eigenvalue weighted by Crippen LogP contribution is 2.25. The van der Waals surface area contributed by atoms with E-state index in [0.29, 0.717) is 5.15 Å². The molecule has 1 N–H and O–H groups in total. The van der Waals surface area contributed by atoms with Crippen LogP contribution in [-0.4, -0.2) is 11.5 Å². The molecule has 2 rings (SSSR count). The topological polar surface area (TPSA) is 24.9 Å². The maximum atomic E-state index is 5.88. The molecule has 1 aromatic rings. The number of rotatable bonds is 3. The summed E-state index contributed by atoms with van der Waals surface area (Å²) in [4.78, 5) is 4.13. The van der Waals surface area contributed by atoms with Crippen molar-refractivity contribution in [1.29, 1.82) is 0 Å². The van der Waals surface area contributed by atoms with Crippen LogP contribution in [0.3, 0.4) is 0 Å². The van der Waals surface area contributed by atoms with E-state index in [1.54, 1.807) is 6.20 Å². The van der Waals surface area contributed by atoms with Gasteiger partial charge in [0.25, 0.3) is 0 Å². The summed E-state index contributed by atoms with van der Waals surface area (Å²) in [6.45, 7) is 1.05. The minimum Gasteiger partial charge on any atom is -0.383 e. The number of anilines is 1. The highest BCUT2D eigenvalue weighted by atomic mass is 79.9. The Morgan fingerprint density at radius 1 is 1.22 bits per heavy atom. The number of nitrogens with one attached hydrogen (secondary N) is 1. The predicted molar refractivity (Wildman–Crippen MR) is 81.2 cm³/mol. The van der Waals surface area contributed by atoms with Crippen LogP contribution in [0.2, 0.25) is 5.15 Å². The summed E-state index contributed by atoms with van der Waals surface area (Å²) in [6.07, 6.45) is 11.5. The van der Waals surface area contributed by atoms with Crippen LogP contribution in [-0.2, 0) is 0 Å². The van der Waals surface area contributed by atoms with Crippen LogP contribution in [0.25, 0.3) is 0 Å². The number of halogens is 2. The molecule has 1 aromatic heterocycles. The molecule has 1 heterocycles. The smallest absolute Gasteiger partial charge is 0.143 e. The molecule has 1 aliphatic rings. The molecule has 0 radical (unpaired) electrons. The zero-order chi connectivity index (χ0) is 12.8. The summed E-state index contributed by atoms with van der Waals surface area (Å²) in [6, 6.07) is 2.00. The fourth-order valence-electron chi connectivity index (χ4n) is 2.52. The second-order valence-electron chi connectivity index (χ2n) is 5.09. The molecule has 2 nitrogen and oxygen atoms in total. The van der Waals surface area contributed by atoms with Gasteiger partial charge in [-0.1, -0.05) is 43.7 Å². The Balaban J connectivity index is 1.83. The van der Waals surface area contributed by atoms with Gasteiger partial charge < -0.3 is 5.32 Å². The van der Waals surface area contributed by atoms with Gasteiger partial charge in [-0.2, -0.15) is 0 Å². The lowest BCUT2D eigenvalue weighted by atomic mass is 9.91. The van der Waals surface area contributed by atoms with Crippen molar-refractivity contribution in [2.24, 2.45) is 5.92 Å². The normalized spacial score (nSPS) is 18.1. The van der Waals surface area contributed by atoms with E-state index in [4.69, 9.17) is 11.6 Å². The number of hydrogen-bond donors (Lipinski definition) is 1. The van der Waals surface area contributed by atoms with Crippen molar-refractivity contribution >= 4 is 33.2 Å². The molecule has 0 aliphatic heterocycles. The van der Waals surface area contributed by atoms with E-state index in [2.05, 4.69) is 26.2 Å². The van der Waals surface area contributed by atoms with Crippen molar-refractivity contribution in [2.75, 3.05) is 11.9 Å². The van der Waals surface area contributed by atoms with Crippen LogP contribution in [0.1, 0.15) is 44.9 Å². The van der Waals surface area contributed by atoms with E-state index >= 15 is 0 Å². The van der Waals surface area contributed by atoms with Gasteiger partial charge in [0.1, 0.15) is 5.15 Å². The molecule has 1 fully saturated rings. The molecule has 0 saturated heterocycles. The first-order chi connectivity index (χ1) is 8.75. The molecular formula is C14H20BrClN2. The summed E-state index contributed by atoms with van der Waals surface area (Å²) in [5.41, 5.74) is 1.05. The quantitative estimate of drug-likeness (QED) is 0.763. The fraction of sp³-hybridized carbons (Fsp3) is 0.643. The summed E-state index contributed by atoms with van der Waals surface area (Å²) in [5.74, 6) is 0.805. The molecule has 0 atom stereocenters. The lowest BCUT2D eigenvalue weighted by Gasteiger charge is -2.20. The van der Waals surface area contributed by atoms with Gasteiger partial charge in [0, 0.05) is 6.54 Å². The molecular weight excluding hydrogens is 312 g/mol. The Morgan fingerprint density at radius 2 is 1.89 bits per heavy atom. The molecule has 0 spiro atoms. The summed E-state index contributed by atoms with van der Waals surface area (Å²) in [5, 5.41) is 4.00. The summed E-state index contributed by atoms with van der Waals surface area (Å²) < 4.78 is 0.854. The van der Waals surface area contributed by atoms with Crippen molar-refractivity contribution in [1.82, 2.24) is 4.98 Å². The van der Waals surface area contributed by atoms with Crippen LogP contribution in [0.5, 0.6) is 0 Å². The van der Waals surface area contributed by atoms with Crippen LogP contribution in [0.15, 0.2) is 16.7 Å². The molecule has 1 saturated carbocycles. The van der Waals surface area contributed by atoms with Gasteiger partial charge in [-0.25, -0.2) is 4.98 Å². The van der Waals surface area contributed by atoms with Gasteiger partial charge in [-0.15, -0.1) is 0 Å². The van der Waals surface area contributed by atoms with Crippen molar-refractivity contribution in [3.05, 3.63) is 21.9 Å². The van der Waals surface area contributed by atoms with E-state index in [0.717, 1.165) is 22.6 Å². The third kappa shape index (κ3) is 4.43. The Hall–Kier alpha value is -0.280. The number of pyridine rings is 1. The summed E-state index contributed by atoms with van der Waals surface area (Å²) >= 11 is 9.28. The van der Waals surface area contributed by atoms with Gasteiger partial charge in [0.15, 0.2) is 0 Å². The average Bonchev–Trinajstić information content (AvgIpc) is 2.32. The van der Waals surface area contributed by atoms with Crippen LogP contribution in [0, 0.1) is 5.92 Å².